The number of nitrogens with one attached hydrogen (secondary N) is 2. The summed E-state index contributed by atoms with van der Waals surface area (Å²) in [5.74, 6) is 1.02. The highest BCUT2D eigenvalue weighted by atomic mass is 16.3. The topological polar surface area (TPSA) is 62.1 Å². The SMILES string of the molecule is Cc1nc2cc(CNC[C@@]3(O)CCNC3)ccc2n1C. The number of fused-ring (bicyclic) bond motifs is 1. The molecule has 0 saturated carbocycles. The van der Waals surface area contributed by atoms with Crippen LogP contribution in [0.15, 0.2) is 18.2 Å². The summed E-state index contributed by atoms with van der Waals surface area (Å²) >= 11 is 0. The molecular weight excluding hydrogens is 252 g/mol. The summed E-state index contributed by atoms with van der Waals surface area (Å²) in [6, 6.07) is 6.35. The molecule has 3 N–H and O–H groups in total. The van der Waals surface area contributed by atoms with Crippen molar-refractivity contribution in [3.63, 3.8) is 0 Å². The van der Waals surface area contributed by atoms with Crippen molar-refractivity contribution in [2.75, 3.05) is 19.6 Å². The number of aliphatic hydroxyl groups is 1. The number of β-amino-alcohol motifs (C(OH)–C–C–N with tert-alkyl or cyclic N) is 1. The van der Waals surface area contributed by atoms with E-state index in [1.165, 1.54) is 5.56 Å². The van der Waals surface area contributed by atoms with E-state index in [-0.39, 0.29) is 0 Å². The molecular formula is C15H22N4O. The number of aryl methyl sites for hydroxylation is 2. The molecule has 0 bridgehead atoms. The number of nitrogens with zero attached hydrogens (tertiary/aromatic N) is 2. The van der Waals surface area contributed by atoms with Crippen molar-refractivity contribution >= 4 is 11.0 Å². The molecule has 0 radical (unpaired) electrons. The number of aromatic nitrogens is 2. The first-order chi connectivity index (χ1) is 9.57. The van der Waals surface area contributed by atoms with E-state index >= 15 is 0 Å². The zero-order valence-electron chi connectivity index (χ0n) is 12.1. The zero-order chi connectivity index (χ0) is 14.2. The van der Waals surface area contributed by atoms with E-state index in [0.717, 1.165) is 36.4 Å². The summed E-state index contributed by atoms with van der Waals surface area (Å²) in [4.78, 5) is 4.55. The van der Waals surface area contributed by atoms with Crippen molar-refractivity contribution in [2.24, 2.45) is 7.05 Å². The van der Waals surface area contributed by atoms with Crippen LogP contribution in [0.2, 0.25) is 0 Å². The monoisotopic (exact) mass is 274 g/mol. The predicted molar refractivity (Wildman–Crippen MR) is 79.6 cm³/mol. The predicted octanol–water partition coefficient (Wildman–Crippen LogP) is 0.696. The van der Waals surface area contributed by atoms with E-state index in [4.69, 9.17) is 0 Å². The lowest BCUT2D eigenvalue weighted by Crippen LogP contribution is -2.42. The van der Waals surface area contributed by atoms with Gasteiger partial charge in [0.25, 0.3) is 0 Å². The van der Waals surface area contributed by atoms with Crippen LogP contribution < -0.4 is 10.6 Å². The van der Waals surface area contributed by atoms with Crippen molar-refractivity contribution in [2.45, 2.75) is 25.5 Å². The zero-order valence-corrected chi connectivity index (χ0v) is 12.1. The van der Waals surface area contributed by atoms with Gasteiger partial charge in [-0.2, -0.15) is 0 Å². The summed E-state index contributed by atoms with van der Waals surface area (Å²) in [5, 5.41) is 16.8. The number of benzene rings is 1. The van der Waals surface area contributed by atoms with Crippen LogP contribution in [0.5, 0.6) is 0 Å². The van der Waals surface area contributed by atoms with E-state index in [9.17, 15) is 5.11 Å². The van der Waals surface area contributed by atoms with Crippen molar-refractivity contribution < 1.29 is 5.11 Å². The van der Waals surface area contributed by atoms with E-state index in [2.05, 4.69) is 38.4 Å². The molecule has 20 heavy (non-hydrogen) atoms. The van der Waals surface area contributed by atoms with Gasteiger partial charge in [-0.1, -0.05) is 6.07 Å². The van der Waals surface area contributed by atoms with Crippen LogP contribution in [0.4, 0.5) is 0 Å². The van der Waals surface area contributed by atoms with Crippen LogP contribution in [-0.4, -0.2) is 39.9 Å². The molecule has 1 saturated heterocycles. The summed E-state index contributed by atoms with van der Waals surface area (Å²) in [6.45, 7) is 4.98. The summed E-state index contributed by atoms with van der Waals surface area (Å²) in [7, 11) is 2.03. The molecule has 1 aliphatic heterocycles. The molecule has 2 aromatic rings. The maximum absolute atomic E-state index is 10.2. The normalized spacial score (nSPS) is 22.8. The molecule has 5 nitrogen and oxygen atoms in total. The van der Waals surface area contributed by atoms with E-state index in [0.29, 0.717) is 13.1 Å². The van der Waals surface area contributed by atoms with Gasteiger partial charge in [-0.25, -0.2) is 4.98 Å². The molecule has 1 atom stereocenters. The van der Waals surface area contributed by atoms with Crippen LogP contribution in [0, 0.1) is 6.92 Å². The smallest absolute Gasteiger partial charge is 0.106 e. The Morgan fingerprint density at radius 3 is 3.10 bits per heavy atom. The number of hydrogen-bond acceptors (Lipinski definition) is 4. The maximum Gasteiger partial charge on any atom is 0.106 e. The lowest BCUT2D eigenvalue weighted by molar-refractivity contribution is 0.0609. The highest BCUT2D eigenvalue weighted by Crippen LogP contribution is 2.17. The van der Waals surface area contributed by atoms with E-state index < -0.39 is 5.60 Å². The fraction of sp³-hybridized carbons (Fsp3) is 0.533. The quantitative estimate of drug-likeness (QED) is 0.768. The summed E-state index contributed by atoms with van der Waals surface area (Å²) < 4.78 is 2.10. The second kappa shape index (κ2) is 5.16. The van der Waals surface area contributed by atoms with Crippen LogP contribution in [0.25, 0.3) is 11.0 Å². The Morgan fingerprint density at radius 1 is 1.50 bits per heavy atom. The lowest BCUT2D eigenvalue weighted by atomic mass is 10.0. The first-order valence-corrected chi connectivity index (χ1v) is 7.13. The Kier molecular flexibility index (Phi) is 3.50. The average Bonchev–Trinajstić information content (AvgIpc) is 2.96. The van der Waals surface area contributed by atoms with Gasteiger partial charge in [0, 0.05) is 26.7 Å². The fourth-order valence-electron chi connectivity index (χ4n) is 2.80. The van der Waals surface area contributed by atoms with Crippen molar-refractivity contribution in [1.82, 2.24) is 20.2 Å². The van der Waals surface area contributed by atoms with Crippen molar-refractivity contribution in [3.8, 4) is 0 Å². The Labute approximate surface area is 119 Å². The van der Waals surface area contributed by atoms with Gasteiger partial charge >= 0.3 is 0 Å². The Balaban J connectivity index is 1.65. The van der Waals surface area contributed by atoms with Crippen LogP contribution in [-0.2, 0) is 13.6 Å². The Morgan fingerprint density at radius 2 is 2.35 bits per heavy atom. The summed E-state index contributed by atoms with van der Waals surface area (Å²) in [6.07, 6.45) is 0.818. The standard InChI is InChI=1S/C15H22N4O/c1-11-18-13-7-12(3-4-14(13)19(11)2)8-17-10-15(20)5-6-16-9-15/h3-4,7,16-17,20H,5-6,8-10H2,1-2H3/t15-/m1/s1. The van der Waals surface area contributed by atoms with Crippen molar-refractivity contribution in [1.29, 1.82) is 0 Å². The minimum Gasteiger partial charge on any atom is -0.387 e. The van der Waals surface area contributed by atoms with Gasteiger partial charge in [-0.3, -0.25) is 0 Å². The van der Waals surface area contributed by atoms with Gasteiger partial charge in [0.15, 0.2) is 0 Å². The molecule has 3 rings (SSSR count). The largest absolute Gasteiger partial charge is 0.387 e. The maximum atomic E-state index is 10.2. The van der Waals surface area contributed by atoms with Gasteiger partial charge in [0.05, 0.1) is 16.6 Å². The molecule has 1 aromatic heterocycles. The first kappa shape index (κ1) is 13.5. The van der Waals surface area contributed by atoms with E-state index in [1.54, 1.807) is 0 Å². The number of hydrogen-bond donors (Lipinski definition) is 3. The molecule has 2 heterocycles. The Bertz CT molecular complexity index is 614. The fourth-order valence-corrected chi connectivity index (χ4v) is 2.80. The number of rotatable bonds is 4. The first-order valence-electron chi connectivity index (χ1n) is 7.13. The lowest BCUT2D eigenvalue weighted by Gasteiger charge is -2.21. The summed E-state index contributed by atoms with van der Waals surface area (Å²) in [5.41, 5.74) is 2.80. The Hall–Kier alpha value is -1.43. The second-order valence-electron chi connectivity index (χ2n) is 5.80. The van der Waals surface area contributed by atoms with Gasteiger partial charge in [0.1, 0.15) is 5.82 Å². The second-order valence-corrected chi connectivity index (χ2v) is 5.80. The minimum atomic E-state index is -0.592. The van der Waals surface area contributed by atoms with Crippen LogP contribution in [0.3, 0.4) is 0 Å². The van der Waals surface area contributed by atoms with Crippen LogP contribution >= 0.6 is 0 Å². The molecule has 0 spiro atoms. The molecule has 108 valence electrons. The van der Waals surface area contributed by atoms with E-state index in [1.807, 2.05) is 14.0 Å². The van der Waals surface area contributed by atoms with Gasteiger partial charge in [0.2, 0.25) is 0 Å². The number of imidazole rings is 1. The van der Waals surface area contributed by atoms with Gasteiger partial charge in [-0.15, -0.1) is 0 Å². The minimum absolute atomic E-state index is 0.592. The molecule has 0 aliphatic carbocycles. The molecule has 1 aromatic carbocycles. The highest BCUT2D eigenvalue weighted by Gasteiger charge is 2.30. The average molecular weight is 274 g/mol. The third-order valence-electron chi connectivity index (χ3n) is 4.17. The van der Waals surface area contributed by atoms with Gasteiger partial charge < -0.3 is 20.3 Å². The molecule has 1 aliphatic rings. The molecule has 0 unspecified atom stereocenters. The molecule has 1 fully saturated rings. The van der Waals surface area contributed by atoms with Crippen molar-refractivity contribution in [3.05, 3.63) is 29.6 Å². The third-order valence-corrected chi connectivity index (χ3v) is 4.17. The third kappa shape index (κ3) is 2.57. The van der Waals surface area contributed by atoms with Crippen LogP contribution in [0.1, 0.15) is 17.8 Å². The molecule has 5 heteroatoms. The van der Waals surface area contributed by atoms with Gasteiger partial charge in [-0.05, 0) is 37.6 Å². The molecule has 0 amide bonds. The highest BCUT2D eigenvalue weighted by molar-refractivity contribution is 5.76.